The van der Waals surface area contributed by atoms with Crippen LogP contribution in [0.5, 0.6) is 0 Å². The molecule has 1 aromatic heterocycles. The number of hydrogen-bond acceptors (Lipinski definition) is 5. The summed E-state index contributed by atoms with van der Waals surface area (Å²) in [6.07, 6.45) is 4.24. The minimum atomic E-state index is 0.105. The summed E-state index contributed by atoms with van der Waals surface area (Å²) in [7, 11) is 0. The van der Waals surface area contributed by atoms with Crippen molar-refractivity contribution < 1.29 is 4.79 Å². The number of carbonyl (C=O) groups excluding carboxylic acids is 1. The number of anilines is 2. The highest BCUT2D eigenvalue weighted by molar-refractivity contribution is 5.77. The maximum atomic E-state index is 11.5. The van der Waals surface area contributed by atoms with Gasteiger partial charge in [-0.1, -0.05) is 0 Å². The fraction of sp³-hybridized carbons (Fsp3) is 0.615. The van der Waals surface area contributed by atoms with E-state index in [1.54, 1.807) is 0 Å². The Labute approximate surface area is 113 Å². The molecule has 1 aliphatic carbocycles. The van der Waals surface area contributed by atoms with Gasteiger partial charge < -0.3 is 16.0 Å². The molecule has 0 bridgehead atoms. The van der Waals surface area contributed by atoms with E-state index >= 15 is 0 Å². The molecule has 3 N–H and O–H groups in total. The zero-order valence-electron chi connectivity index (χ0n) is 11.5. The van der Waals surface area contributed by atoms with Crippen LogP contribution in [0, 0.1) is 6.92 Å². The lowest BCUT2D eigenvalue weighted by molar-refractivity contribution is -0.120. The highest BCUT2D eigenvalue weighted by Gasteiger charge is 2.22. The van der Waals surface area contributed by atoms with Gasteiger partial charge in [0.25, 0.3) is 0 Å². The third-order valence-corrected chi connectivity index (χ3v) is 3.02. The van der Waals surface area contributed by atoms with E-state index in [1.165, 1.54) is 6.33 Å². The minimum Gasteiger partial charge on any atom is -0.370 e. The second-order valence-corrected chi connectivity index (χ2v) is 4.74. The number of nitrogens with one attached hydrogen (secondary N) is 3. The first-order valence-electron chi connectivity index (χ1n) is 6.79. The molecule has 6 nitrogen and oxygen atoms in total. The van der Waals surface area contributed by atoms with Crippen molar-refractivity contribution in [1.82, 2.24) is 15.3 Å². The zero-order valence-corrected chi connectivity index (χ0v) is 11.5. The Morgan fingerprint density at radius 1 is 1.32 bits per heavy atom. The highest BCUT2D eigenvalue weighted by Crippen LogP contribution is 2.19. The van der Waals surface area contributed by atoms with E-state index in [0.29, 0.717) is 19.0 Å². The molecule has 1 aliphatic rings. The van der Waals surface area contributed by atoms with Crippen LogP contribution in [-0.2, 0) is 4.79 Å². The molecular formula is C13H21N5O. The molecule has 1 fully saturated rings. The molecule has 1 amide bonds. The summed E-state index contributed by atoms with van der Waals surface area (Å²) in [5.74, 6) is 1.72. The van der Waals surface area contributed by atoms with Gasteiger partial charge in [0.1, 0.15) is 18.0 Å². The lowest BCUT2D eigenvalue weighted by Gasteiger charge is -2.11. The van der Waals surface area contributed by atoms with Crippen LogP contribution in [0.1, 0.15) is 31.7 Å². The topological polar surface area (TPSA) is 78.9 Å². The van der Waals surface area contributed by atoms with Crippen LogP contribution in [0.3, 0.4) is 0 Å². The lowest BCUT2D eigenvalue weighted by Crippen LogP contribution is -2.27. The molecule has 0 atom stereocenters. The van der Waals surface area contributed by atoms with Crippen molar-refractivity contribution >= 4 is 17.5 Å². The maximum absolute atomic E-state index is 11.5. The molecule has 0 unspecified atom stereocenters. The van der Waals surface area contributed by atoms with Gasteiger partial charge >= 0.3 is 0 Å². The van der Waals surface area contributed by atoms with Crippen LogP contribution < -0.4 is 16.0 Å². The molecule has 1 aromatic rings. The predicted octanol–water partition coefficient (Wildman–Crippen LogP) is 1.30. The van der Waals surface area contributed by atoms with E-state index in [2.05, 4.69) is 25.9 Å². The number of hydrogen-bond donors (Lipinski definition) is 3. The molecule has 0 spiro atoms. The number of rotatable bonds is 7. The first-order chi connectivity index (χ1) is 9.20. The molecule has 1 saturated carbocycles. The Bertz CT molecular complexity index is 445. The van der Waals surface area contributed by atoms with Gasteiger partial charge in [-0.3, -0.25) is 4.79 Å². The van der Waals surface area contributed by atoms with Crippen molar-refractivity contribution in [3.63, 3.8) is 0 Å². The second-order valence-electron chi connectivity index (χ2n) is 4.74. The van der Waals surface area contributed by atoms with Gasteiger partial charge in [-0.25, -0.2) is 9.97 Å². The summed E-state index contributed by atoms with van der Waals surface area (Å²) >= 11 is 0. The minimum absolute atomic E-state index is 0.105. The van der Waals surface area contributed by atoms with Crippen LogP contribution in [0.15, 0.2) is 6.33 Å². The third-order valence-electron chi connectivity index (χ3n) is 3.02. The summed E-state index contributed by atoms with van der Waals surface area (Å²) < 4.78 is 0. The summed E-state index contributed by atoms with van der Waals surface area (Å²) in [5.41, 5.74) is 0.979. The van der Waals surface area contributed by atoms with Gasteiger partial charge in [0.05, 0.1) is 0 Å². The SMILES string of the molecule is CCNc1ncnc(NCCC(=O)NC2CC2)c1C. The molecule has 6 heteroatoms. The lowest BCUT2D eigenvalue weighted by atomic mass is 10.3. The predicted molar refractivity (Wildman–Crippen MR) is 75.2 cm³/mol. The van der Waals surface area contributed by atoms with Gasteiger partial charge in [0, 0.05) is 31.1 Å². The maximum Gasteiger partial charge on any atom is 0.221 e. The van der Waals surface area contributed by atoms with Crippen LogP contribution in [0.2, 0.25) is 0 Å². The zero-order chi connectivity index (χ0) is 13.7. The molecule has 0 radical (unpaired) electrons. The fourth-order valence-electron chi connectivity index (χ4n) is 1.80. The molecule has 0 aliphatic heterocycles. The Morgan fingerprint density at radius 3 is 2.63 bits per heavy atom. The van der Waals surface area contributed by atoms with Crippen molar-refractivity contribution in [3.8, 4) is 0 Å². The van der Waals surface area contributed by atoms with E-state index in [1.807, 2.05) is 13.8 Å². The molecule has 104 valence electrons. The Hall–Kier alpha value is -1.85. The van der Waals surface area contributed by atoms with E-state index in [4.69, 9.17) is 0 Å². The van der Waals surface area contributed by atoms with Gasteiger partial charge in [-0.15, -0.1) is 0 Å². The number of carbonyl (C=O) groups is 1. The summed E-state index contributed by atoms with van der Waals surface area (Å²) in [5, 5.41) is 9.33. The van der Waals surface area contributed by atoms with E-state index in [-0.39, 0.29) is 5.91 Å². The van der Waals surface area contributed by atoms with Crippen LogP contribution in [0.4, 0.5) is 11.6 Å². The molecule has 1 heterocycles. The third kappa shape index (κ3) is 4.08. The van der Waals surface area contributed by atoms with Crippen LogP contribution >= 0.6 is 0 Å². The van der Waals surface area contributed by atoms with Gasteiger partial charge in [0.2, 0.25) is 5.91 Å². The van der Waals surface area contributed by atoms with E-state index in [0.717, 1.165) is 36.6 Å². The standard InChI is InChI=1S/C13H21N5O/c1-3-14-12-9(2)13(17-8-16-12)15-7-6-11(19)18-10-4-5-10/h8,10H,3-7H2,1-2H3,(H,18,19)(H2,14,15,16,17). The van der Waals surface area contributed by atoms with Crippen molar-refractivity contribution in [3.05, 3.63) is 11.9 Å². The molecule has 0 aromatic carbocycles. The average Bonchev–Trinajstić information content (AvgIpc) is 3.18. The van der Waals surface area contributed by atoms with Crippen molar-refractivity contribution in [1.29, 1.82) is 0 Å². The van der Waals surface area contributed by atoms with E-state index in [9.17, 15) is 4.79 Å². The summed E-state index contributed by atoms with van der Waals surface area (Å²) in [6, 6.07) is 0.425. The van der Waals surface area contributed by atoms with Crippen molar-refractivity contribution in [2.24, 2.45) is 0 Å². The molecule has 19 heavy (non-hydrogen) atoms. The second kappa shape index (κ2) is 6.36. The smallest absolute Gasteiger partial charge is 0.221 e. The van der Waals surface area contributed by atoms with Gasteiger partial charge in [0.15, 0.2) is 0 Å². The summed E-state index contributed by atoms with van der Waals surface area (Å²) in [4.78, 5) is 19.9. The number of amides is 1. The molecule has 2 rings (SSSR count). The number of nitrogens with zero attached hydrogens (tertiary/aromatic N) is 2. The monoisotopic (exact) mass is 263 g/mol. The van der Waals surface area contributed by atoms with Crippen molar-refractivity contribution in [2.75, 3.05) is 23.7 Å². The molecular weight excluding hydrogens is 242 g/mol. The normalized spacial score (nSPS) is 14.0. The van der Waals surface area contributed by atoms with Crippen molar-refractivity contribution in [2.45, 2.75) is 39.2 Å². The van der Waals surface area contributed by atoms with Gasteiger partial charge in [-0.05, 0) is 26.7 Å². The Balaban J connectivity index is 1.81. The largest absolute Gasteiger partial charge is 0.370 e. The van der Waals surface area contributed by atoms with Crippen LogP contribution in [-0.4, -0.2) is 35.0 Å². The quantitative estimate of drug-likeness (QED) is 0.691. The fourth-order valence-corrected chi connectivity index (χ4v) is 1.80. The van der Waals surface area contributed by atoms with Crippen LogP contribution in [0.25, 0.3) is 0 Å². The first-order valence-corrected chi connectivity index (χ1v) is 6.79. The van der Waals surface area contributed by atoms with E-state index < -0.39 is 0 Å². The first kappa shape index (κ1) is 13.6. The Kier molecular flexibility index (Phi) is 4.54. The molecule has 0 saturated heterocycles. The summed E-state index contributed by atoms with van der Waals surface area (Å²) in [6.45, 7) is 5.39. The van der Waals surface area contributed by atoms with Gasteiger partial charge in [-0.2, -0.15) is 0 Å². The highest BCUT2D eigenvalue weighted by atomic mass is 16.1. The number of aromatic nitrogens is 2. The Morgan fingerprint density at radius 2 is 2.00 bits per heavy atom. The average molecular weight is 263 g/mol.